The molecule has 1 aliphatic carbocycles. The molecule has 2 N–H and O–H groups in total. The molecule has 0 aromatic heterocycles. The number of rotatable bonds is 4. The zero-order valence-electron chi connectivity index (χ0n) is 16.3. The Kier molecular flexibility index (Phi) is 6.15. The minimum Gasteiger partial charge on any atom is -0.350 e. The molecule has 2 fully saturated rings. The first-order valence-corrected chi connectivity index (χ1v) is 9.33. The highest BCUT2D eigenvalue weighted by molar-refractivity contribution is 6.35. The number of hydrogen-bond acceptors (Lipinski definition) is 5. The molecule has 144 valence electrons. The second-order valence-electron chi connectivity index (χ2n) is 7.85. The van der Waals surface area contributed by atoms with E-state index in [0.717, 1.165) is 11.3 Å². The van der Waals surface area contributed by atoms with Gasteiger partial charge in [0, 0.05) is 29.6 Å². The molecule has 27 heavy (non-hydrogen) atoms. The summed E-state index contributed by atoms with van der Waals surface area (Å²) in [6.07, 6.45) is 3.80. The molecule has 0 atom stereocenters. The number of anilines is 1. The smallest absolute Gasteiger partial charge is 0.176 e. The van der Waals surface area contributed by atoms with Gasteiger partial charge in [-0.3, -0.25) is 4.99 Å². The highest BCUT2D eigenvalue weighted by Crippen LogP contribution is 2.27. The molecule has 1 aromatic carbocycles. The molecule has 3 rings (SSSR count). The van der Waals surface area contributed by atoms with E-state index in [1.807, 2.05) is 36.2 Å². The average Bonchev–Trinajstić information content (AvgIpc) is 3.49. The summed E-state index contributed by atoms with van der Waals surface area (Å²) in [7, 11) is 1.90. The fourth-order valence-electron chi connectivity index (χ4n) is 2.57. The molecular formula is C21H28N4O2. The normalized spacial score (nSPS) is 20.3. The van der Waals surface area contributed by atoms with Crippen LogP contribution in [0.15, 0.2) is 34.4 Å². The fraction of sp³-hybridized carbons (Fsp3) is 0.524. The molecule has 1 heterocycles. The summed E-state index contributed by atoms with van der Waals surface area (Å²) in [5.74, 6) is 13.2. The molecule has 1 saturated heterocycles. The standard InChI is InChI=1S/C21H28N4O2/c1-21(2)14-26-20(27-15-21)13-23-12-19(24-22)25(3)18-10-8-17(9-11-18)7-6-16-4-5-16/h8-12,16,20H,4-5,13-15,22H2,1-3H3/b23-12?,24-19+. The van der Waals surface area contributed by atoms with Gasteiger partial charge >= 0.3 is 0 Å². The second-order valence-corrected chi connectivity index (χ2v) is 7.85. The van der Waals surface area contributed by atoms with Crippen molar-refractivity contribution < 1.29 is 9.47 Å². The Labute approximate surface area is 161 Å². The van der Waals surface area contributed by atoms with Crippen LogP contribution in [0.25, 0.3) is 0 Å². The highest BCUT2D eigenvalue weighted by Gasteiger charge is 2.27. The van der Waals surface area contributed by atoms with Gasteiger partial charge in [-0.1, -0.05) is 25.7 Å². The van der Waals surface area contributed by atoms with Crippen LogP contribution in [0.4, 0.5) is 5.69 Å². The predicted molar refractivity (Wildman–Crippen MR) is 109 cm³/mol. The van der Waals surface area contributed by atoms with Crippen LogP contribution in [0.2, 0.25) is 0 Å². The maximum absolute atomic E-state index is 5.68. The molecule has 2 aliphatic rings. The lowest BCUT2D eigenvalue weighted by Gasteiger charge is -2.33. The quantitative estimate of drug-likeness (QED) is 0.292. The van der Waals surface area contributed by atoms with E-state index < -0.39 is 0 Å². The molecular weight excluding hydrogens is 340 g/mol. The summed E-state index contributed by atoms with van der Waals surface area (Å²) < 4.78 is 11.4. The first-order chi connectivity index (χ1) is 13.0. The molecule has 1 saturated carbocycles. The average molecular weight is 368 g/mol. The largest absolute Gasteiger partial charge is 0.350 e. The van der Waals surface area contributed by atoms with Gasteiger partial charge in [-0.25, -0.2) is 0 Å². The van der Waals surface area contributed by atoms with E-state index in [4.69, 9.17) is 15.3 Å². The van der Waals surface area contributed by atoms with Gasteiger partial charge in [0.05, 0.1) is 26.0 Å². The summed E-state index contributed by atoms with van der Waals surface area (Å²) in [5, 5.41) is 3.84. The lowest BCUT2D eigenvalue weighted by atomic mass is 9.96. The van der Waals surface area contributed by atoms with Crippen LogP contribution in [-0.4, -0.2) is 45.1 Å². The predicted octanol–water partition coefficient (Wildman–Crippen LogP) is 2.63. The lowest BCUT2D eigenvalue weighted by molar-refractivity contribution is -0.215. The Hall–Kier alpha value is -2.36. The monoisotopic (exact) mass is 368 g/mol. The maximum Gasteiger partial charge on any atom is 0.176 e. The van der Waals surface area contributed by atoms with Crippen molar-refractivity contribution in [2.24, 2.45) is 27.3 Å². The number of ether oxygens (including phenoxy) is 2. The van der Waals surface area contributed by atoms with Gasteiger partial charge in [-0.15, -0.1) is 0 Å². The molecule has 1 aliphatic heterocycles. The van der Waals surface area contributed by atoms with Gasteiger partial charge < -0.3 is 20.2 Å². The Morgan fingerprint density at radius 1 is 1.26 bits per heavy atom. The van der Waals surface area contributed by atoms with Gasteiger partial charge in [-0.05, 0) is 37.1 Å². The van der Waals surface area contributed by atoms with Crippen molar-refractivity contribution in [1.29, 1.82) is 0 Å². The topological polar surface area (TPSA) is 72.4 Å². The summed E-state index contributed by atoms with van der Waals surface area (Å²) in [6.45, 7) is 5.98. The van der Waals surface area contributed by atoms with Crippen molar-refractivity contribution in [2.75, 3.05) is 31.7 Å². The van der Waals surface area contributed by atoms with Crippen LogP contribution in [0.1, 0.15) is 32.3 Å². The SMILES string of the molecule is CN(/C(C=NCC1OCC(C)(C)CO1)=N/N)c1ccc(C#CC2CC2)cc1. The van der Waals surface area contributed by atoms with E-state index in [-0.39, 0.29) is 11.7 Å². The zero-order chi connectivity index (χ0) is 19.3. The van der Waals surface area contributed by atoms with Crippen molar-refractivity contribution in [3.05, 3.63) is 29.8 Å². The van der Waals surface area contributed by atoms with Crippen molar-refractivity contribution >= 4 is 17.7 Å². The molecule has 6 nitrogen and oxygen atoms in total. The van der Waals surface area contributed by atoms with Crippen molar-refractivity contribution in [2.45, 2.75) is 33.0 Å². The second kappa shape index (κ2) is 8.55. The third-order valence-electron chi connectivity index (χ3n) is 4.51. The number of amidine groups is 1. The van der Waals surface area contributed by atoms with Crippen molar-refractivity contribution in [1.82, 2.24) is 0 Å². The van der Waals surface area contributed by atoms with Crippen LogP contribution in [0, 0.1) is 23.2 Å². The third kappa shape index (κ3) is 5.81. The van der Waals surface area contributed by atoms with E-state index in [2.05, 4.69) is 35.8 Å². The molecule has 6 heteroatoms. The maximum atomic E-state index is 5.68. The molecule has 1 aromatic rings. The minimum absolute atomic E-state index is 0.0551. The van der Waals surface area contributed by atoms with Crippen molar-refractivity contribution in [3.63, 3.8) is 0 Å². The summed E-state index contributed by atoms with van der Waals surface area (Å²) in [5.41, 5.74) is 2.04. The Bertz CT molecular complexity index is 745. The molecule has 0 spiro atoms. The van der Waals surface area contributed by atoms with E-state index in [0.29, 0.717) is 31.5 Å². The van der Waals surface area contributed by atoms with Gasteiger partial charge in [0.15, 0.2) is 12.1 Å². The van der Waals surface area contributed by atoms with E-state index in [9.17, 15) is 0 Å². The van der Waals surface area contributed by atoms with E-state index >= 15 is 0 Å². The number of nitrogens with zero attached hydrogens (tertiary/aromatic N) is 3. The van der Waals surface area contributed by atoms with Crippen molar-refractivity contribution in [3.8, 4) is 11.8 Å². The summed E-state index contributed by atoms with van der Waals surface area (Å²) in [6, 6.07) is 8.03. The van der Waals surface area contributed by atoms with Gasteiger partial charge in [0.1, 0.15) is 0 Å². The number of hydrazone groups is 1. The van der Waals surface area contributed by atoms with Crippen LogP contribution in [0.3, 0.4) is 0 Å². The summed E-state index contributed by atoms with van der Waals surface area (Å²) in [4.78, 5) is 6.27. The molecule has 0 unspecified atom stereocenters. The van der Waals surface area contributed by atoms with Gasteiger partial charge in [0.25, 0.3) is 0 Å². The summed E-state index contributed by atoms with van der Waals surface area (Å²) >= 11 is 0. The van der Waals surface area contributed by atoms with Crippen LogP contribution in [-0.2, 0) is 9.47 Å². The Balaban J connectivity index is 1.54. The van der Waals surface area contributed by atoms with Crippen LogP contribution in [0.5, 0.6) is 0 Å². The number of nitrogens with two attached hydrogens (primary N) is 1. The Morgan fingerprint density at radius 2 is 1.93 bits per heavy atom. The van der Waals surface area contributed by atoms with E-state index in [1.165, 1.54) is 12.8 Å². The molecule has 0 amide bonds. The minimum atomic E-state index is -0.317. The Morgan fingerprint density at radius 3 is 2.52 bits per heavy atom. The molecule has 0 bridgehead atoms. The first kappa shape index (κ1) is 19.4. The third-order valence-corrected chi connectivity index (χ3v) is 4.51. The fourth-order valence-corrected chi connectivity index (χ4v) is 2.57. The zero-order valence-corrected chi connectivity index (χ0v) is 16.3. The van der Waals surface area contributed by atoms with E-state index in [1.54, 1.807) is 6.21 Å². The highest BCUT2D eigenvalue weighted by atomic mass is 16.7. The number of benzene rings is 1. The van der Waals surface area contributed by atoms with Crippen LogP contribution >= 0.6 is 0 Å². The van der Waals surface area contributed by atoms with Gasteiger partial charge in [0.2, 0.25) is 0 Å². The number of hydrogen-bond donors (Lipinski definition) is 1. The lowest BCUT2D eigenvalue weighted by Crippen LogP contribution is -2.39. The number of aliphatic imine (C=N–C) groups is 1. The molecule has 0 radical (unpaired) electrons. The first-order valence-electron chi connectivity index (χ1n) is 9.33. The van der Waals surface area contributed by atoms with Crippen LogP contribution < -0.4 is 10.7 Å². The van der Waals surface area contributed by atoms with Gasteiger partial charge in [-0.2, -0.15) is 5.10 Å².